The zero-order chi connectivity index (χ0) is 17.8. The third-order valence-electron chi connectivity index (χ3n) is 4.07. The van der Waals surface area contributed by atoms with E-state index >= 15 is 0 Å². The van der Waals surface area contributed by atoms with Crippen molar-refractivity contribution in [1.29, 1.82) is 0 Å². The summed E-state index contributed by atoms with van der Waals surface area (Å²) in [6, 6.07) is 9.94. The molecule has 1 aliphatic rings. The van der Waals surface area contributed by atoms with E-state index in [4.69, 9.17) is 14.2 Å². The first-order chi connectivity index (χ1) is 12.1. The molecule has 132 valence electrons. The van der Waals surface area contributed by atoms with Gasteiger partial charge in [-0.3, -0.25) is 4.79 Å². The predicted molar refractivity (Wildman–Crippen MR) is 92.6 cm³/mol. The number of rotatable bonds is 4. The standard InChI is InChI=1S/C19H21NO5/c1-12(13-4-7-17-18(10-13)25-9-3-8-24-17)20-19(22)15-6-5-14(23-2)11-16(15)21/h4-7,10-12,21H,3,8-9H2,1-2H3,(H,20,22)/t12-/m1/s1. The summed E-state index contributed by atoms with van der Waals surface area (Å²) in [5.74, 6) is 1.41. The van der Waals surface area contributed by atoms with Crippen LogP contribution in [0.4, 0.5) is 0 Å². The van der Waals surface area contributed by atoms with Crippen molar-refractivity contribution in [1.82, 2.24) is 5.32 Å². The van der Waals surface area contributed by atoms with Gasteiger partial charge in [-0.05, 0) is 36.8 Å². The summed E-state index contributed by atoms with van der Waals surface area (Å²) in [5, 5.41) is 12.9. The van der Waals surface area contributed by atoms with Crippen LogP contribution in [0.2, 0.25) is 0 Å². The minimum absolute atomic E-state index is 0.122. The number of phenolic OH excluding ortho intramolecular Hbond substituents is 1. The lowest BCUT2D eigenvalue weighted by Gasteiger charge is -2.17. The number of methoxy groups -OCH3 is 1. The molecule has 0 unspecified atom stereocenters. The highest BCUT2D eigenvalue weighted by Gasteiger charge is 2.18. The molecule has 6 heteroatoms. The molecule has 6 nitrogen and oxygen atoms in total. The molecule has 1 atom stereocenters. The SMILES string of the molecule is COc1ccc(C(=O)N[C@H](C)c2ccc3c(c2)OCCCO3)c(O)c1. The van der Waals surface area contributed by atoms with Gasteiger partial charge in [0.25, 0.3) is 5.91 Å². The summed E-state index contributed by atoms with van der Waals surface area (Å²) in [5.41, 5.74) is 1.09. The van der Waals surface area contributed by atoms with Gasteiger partial charge in [0.2, 0.25) is 0 Å². The maximum Gasteiger partial charge on any atom is 0.255 e. The van der Waals surface area contributed by atoms with Crippen molar-refractivity contribution in [3.63, 3.8) is 0 Å². The average molecular weight is 343 g/mol. The quantitative estimate of drug-likeness (QED) is 0.892. The van der Waals surface area contributed by atoms with Gasteiger partial charge in [0, 0.05) is 12.5 Å². The topological polar surface area (TPSA) is 77.0 Å². The van der Waals surface area contributed by atoms with Gasteiger partial charge >= 0.3 is 0 Å². The smallest absolute Gasteiger partial charge is 0.255 e. The second-order valence-corrected chi connectivity index (χ2v) is 5.83. The van der Waals surface area contributed by atoms with E-state index < -0.39 is 0 Å². The fourth-order valence-corrected chi connectivity index (χ4v) is 2.64. The number of hydrogen-bond donors (Lipinski definition) is 2. The van der Waals surface area contributed by atoms with Crippen LogP contribution in [0.15, 0.2) is 36.4 Å². The summed E-state index contributed by atoms with van der Waals surface area (Å²) in [7, 11) is 1.50. The number of amides is 1. The number of nitrogens with one attached hydrogen (secondary N) is 1. The largest absolute Gasteiger partial charge is 0.507 e. The highest BCUT2D eigenvalue weighted by molar-refractivity contribution is 5.97. The average Bonchev–Trinajstić information content (AvgIpc) is 2.85. The van der Waals surface area contributed by atoms with E-state index in [9.17, 15) is 9.90 Å². The van der Waals surface area contributed by atoms with Crippen LogP contribution in [0.5, 0.6) is 23.0 Å². The van der Waals surface area contributed by atoms with Crippen LogP contribution in [0.1, 0.15) is 35.3 Å². The molecule has 0 bridgehead atoms. The van der Waals surface area contributed by atoms with Gasteiger partial charge in [-0.1, -0.05) is 6.07 Å². The van der Waals surface area contributed by atoms with E-state index in [1.165, 1.54) is 19.2 Å². The van der Waals surface area contributed by atoms with E-state index in [1.54, 1.807) is 6.07 Å². The Labute approximate surface area is 146 Å². The first kappa shape index (κ1) is 17.0. The van der Waals surface area contributed by atoms with Gasteiger partial charge in [-0.2, -0.15) is 0 Å². The molecule has 0 radical (unpaired) electrons. The van der Waals surface area contributed by atoms with Crippen molar-refractivity contribution in [3.8, 4) is 23.0 Å². The van der Waals surface area contributed by atoms with Crippen LogP contribution >= 0.6 is 0 Å². The molecular weight excluding hydrogens is 322 g/mol. The number of carbonyl (C=O) groups excluding carboxylic acids is 1. The van der Waals surface area contributed by atoms with Crippen molar-refractivity contribution in [2.24, 2.45) is 0 Å². The number of hydrogen-bond acceptors (Lipinski definition) is 5. The Kier molecular flexibility index (Phi) is 4.97. The monoisotopic (exact) mass is 343 g/mol. The first-order valence-corrected chi connectivity index (χ1v) is 8.16. The fourth-order valence-electron chi connectivity index (χ4n) is 2.64. The number of benzene rings is 2. The number of aromatic hydroxyl groups is 1. The molecule has 0 aliphatic carbocycles. The van der Waals surface area contributed by atoms with E-state index in [0.29, 0.717) is 30.5 Å². The molecule has 1 aliphatic heterocycles. The highest BCUT2D eigenvalue weighted by Crippen LogP contribution is 2.32. The van der Waals surface area contributed by atoms with Crippen molar-refractivity contribution in [3.05, 3.63) is 47.5 Å². The van der Waals surface area contributed by atoms with Crippen molar-refractivity contribution in [2.75, 3.05) is 20.3 Å². The molecule has 1 heterocycles. The lowest BCUT2D eigenvalue weighted by Crippen LogP contribution is -2.26. The van der Waals surface area contributed by atoms with E-state index in [0.717, 1.165) is 12.0 Å². The maximum atomic E-state index is 12.4. The second kappa shape index (κ2) is 7.34. The Morgan fingerprint density at radius 3 is 2.64 bits per heavy atom. The molecule has 2 N–H and O–H groups in total. The zero-order valence-electron chi connectivity index (χ0n) is 14.2. The van der Waals surface area contributed by atoms with Crippen LogP contribution in [0.25, 0.3) is 0 Å². The Bertz CT molecular complexity index is 774. The summed E-state index contributed by atoms with van der Waals surface area (Å²) in [6.07, 6.45) is 0.840. The molecule has 0 saturated carbocycles. The van der Waals surface area contributed by atoms with Crippen molar-refractivity contribution in [2.45, 2.75) is 19.4 Å². The summed E-state index contributed by atoms with van der Waals surface area (Å²) < 4.78 is 16.3. The number of fused-ring (bicyclic) bond motifs is 1. The molecule has 0 fully saturated rings. The fraction of sp³-hybridized carbons (Fsp3) is 0.316. The van der Waals surface area contributed by atoms with Gasteiger partial charge in [0.1, 0.15) is 11.5 Å². The van der Waals surface area contributed by atoms with Gasteiger partial charge in [0.05, 0.1) is 31.9 Å². The van der Waals surface area contributed by atoms with Gasteiger partial charge in [0.15, 0.2) is 11.5 Å². The summed E-state index contributed by atoms with van der Waals surface area (Å²) >= 11 is 0. The predicted octanol–water partition coefficient (Wildman–Crippen LogP) is 3.05. The number of carbonyl (C=O) groups is 1. The van der Waals surface area contributed by atoms with Crippen LogP contribution in [-0.2, 0) is 0 Å². The summed E-state index contributed by atoms with van der Waals surface area (Å²) in [4.78, 5) is 12.4. The van der Waals surface area contributed by atoms with E-state index in [1.807, 2.05) is 25.1 Å². The van der Waals surface area contributed by atoms with E-state index in [2.05, 4.69) is 5.32 Å². The number of phenols is 1. The molecule has 2 aromatic rings. The minimum Gasteiger partial charge on any atom is -0.507 e. The Morgan fingerprint density at radius 1 is 1.16 bits per heavy atom. The molecule has 2 aromatic carbocycles. The Hall–Kier alpha value is -2.89. The molecular formula is C19H21NO5. The maximum absolute atomic E-state index is 12.4. The lowest BCUT2D eigenvalue weighted by molar-refractivity contribution is 0.0937. The molecule has 0 aromatic heterocycles. The molecule has 1 amide bonds. The number of ether oxygens (including phenoxy) is 3. The molecule has 0 spiro atoms. The highest BCUT2D eigenvalue weighted by atomic mass is 16.5. The Balaban J connectivity index is 1.74. The molecule has 25 heavy (non-hydrogen) atoms. The Morgan fingerprint density at radius 2 is 1.92 bits per heavy atom. The van der Waals surface area contributed by atoms with Crippen molar-refractivity contribution < 1.29 is 24.1 Å². The first-order valence-electron chi connectivity index (χ1n) is 8.16. The minimum atomic E-state index is -0.361. The van der Waals surface area contributed by atoms with Crippen LogP contribution in [-0.4, -0.2) is 31.3 Å². The molecule has 3 rings (SSSR count). The van der Waals surface area contributed by atoms with Crippen LogP contribution < -0.4 is 19.5 Å². The van der Waals surface area contributed by atoms with E-state index in [-0.39, 0.29) is 23.3 Å². The normalized spacial score (nSPS) is 14.3. The van der Waals surface area contributed by atoms with Crippen molar-refractivity contribution >= 4 is 5.91 Å². The van der Waals surface area contributed by atoms with Gasteiger partial charge in [-0.15, -0.1) is 0 Å². The van der Waals surface area contributed by atoms with Crippen LogP contribution in [0.3, 0.4) is 0 Å². The van der Waals surface area contributed by atoms with Gasteiger partial charge in [-0.25, -0.2) is 0 Å². The molecule has 0 saturated heterocycles. The second-order valence-electron chi connectivity index (χ2n) is 5.83. The van der Waals surface area contributed by atoms with Crippen LogP contribution in [0, 0.1) is 0 Å². The van der Waals surface area contributed by atoms with Gasteiger partial charge < -0.3 is 24.6 Å². The third kappa shape index (κ3) is 3.79. The summed E-state index contributed by atoms with van der Waals surface area (Å²) in [6.45, 7) is 3.12. The lowest BCUT2D eigenvalue weighted by atomic mass is 10.1. The zero-order valence-corrected chi connectivity index (χ0v) is 14.2. The third-order valence-corrected chi connectivity index (χ3v) is 4.07.